The first-order valence-electron chi connectivity index (χ1n) is 6.47. The average Bonchev–Trinajstić information content (AvgIpc) is 2.48. The number of nitrogens with zero attached hydrogens (tertiary/aromatic N) is 1. The van der Waals surface area contributed by atoms with Crippen molar-refractivity contribution in [3.8, 4) is 11.5 Å². The van der Waals surface area contributed by atoms with Gasteiger partial charge < -0.3 is 20.5 Å². The van der Waals surface area contributed by atoms with Crippen molar-refractivity contribution in [2.45, 2.75) is 6.54 Å². The molecule has 0 fully saturated rings. The summed E-state index contributed by atoms with van der Waals surface area (Å²) in [6.07, 6.45) is 0. The van der Waals surface area contributed by atoms with E-state index in [1.54, 1.807) is 54.4 Å². The highest BCUT2D eigenvalue weighted by atomic mass is 16.5. The topological polar surface area (TPSA) is 75.8 Å². The Morgan fingerprint density at radius 1 is 1.24 bits per heavy atom. The van der Waals surface area contributed by atoms with Crippen LogP contribution in [0.15, 0.2) is 42.5 Å². The molecular formula is C16H18N2O3. The van der Waals surface area contributed by atoms with E-state index in [1.165, 1.54) is 7.11 Å². The third kappa shape index (κ3) is 3.66. The maximum atomic E-state index is 12.4. The number of anilines is 1. The van der Waals surface area contributed by atoms with Crippen molar-refractivity contribution in [2.24, 2.45) is 0 Å². The van der Waals surface area contributed by atoms with Gasteiger partial charge in [-0.25, -0.2) is 0 Å². The molecule has 0 bridgehead atoms. The maximum Gasteiger partial charge on any atom is 0.254 e. The summed E-state index contributed by atoms with van der Waals surface area (Å²) in [7, 11) is 3.24. The van der Waals surface area contributed by atoms with Gasteiger partial charge in [-0.2, -0.15) is 0 Å². The summed E-state index contributed by atoms with van der Waals surface area (Å²) in [6, 6.07) is 11.7. The summed E-state index contributed by atoms with van der Waals surface area (Å²) < 4.78 is 5.12. The van der Waals surface area contributed by atoms with Crippen molar-refractivity contribution in [1.82, 2.24) is 4.90 Å². The zero-order valence-corrected chi connectivity index (χ0v) is 12.0. The van der Waals surface area contributed by atoms with Crippen molar-refractivity contribution in [1.29, 1.82) is 0 Å². The second-order valence-electron chi connectivity index (χ2n) is 4.82. The second-order valence-corrected chi connectivity index (χ2v) is 4.82. The zero-order valence-electron chi connectivity index (χ0n) is 12.0. The fraction of sp³-hybridized carbons (Fsp3) is 0.188. The molecule has 2 rings (SSSR count). The molecule has 0 aliphatic heterocycles. The zero-order chi connectivity index (χ0) is 15.4. The normalized spacial score (nSPS) is 10.2. The molecule has 5 heteroatoms. The van der Waals surface area contributed by atoms with E-state index in [0.717, 1.165) is 5.56 Å². The van der Waals surface area contributed by atoms with Crippen LogP contribution in [0.5, 0.6) is 11.5 Å². The van der Waals surface area contributed by atoms with Crippen LogP contribution in [0.3, 0.4) is 0 Å². The predicted octanol–water partition coefficient (Wildman–Crippen LogP) is 2.26. The quantitative estimate of drug-likeness (QED) is 0.845. The molecule has 0 unspecified atom stereocenters. The molecule has 2 aromatic carbocycles. The lowest BCUT2D eigenvalue weighted by Crippen LogP contribution is -2.26. The fourth-order valence-corrected chi connectivity index (χ4v) is 2.03. The molecule has 110 valence electrons. The van der Waals surface area contributed by atoms with Gasteiger partial charge in [0.15, 0.2) is 0 Å². The van der Waals surface area contributed by atoms with Crippen LogP contribution in [0.4, 0.5) is 5.69 Å². The number of phenols is 1. The first-order valence-corrected chi connectivity index (χ1v) is 6.47. The van der Waals surface area contributed by atoms with Crippen molar-refractivity contribution >= 4 is 11.6 Å². The standard InChI is InChI=1S/C16H18N2O3/c1-18(10-11-3-5-14(19)6-4-11)16(20)12-7-13(17)9-15(8-12)21-2/h3-9,19H,10,17H2,1-2H3. The highest BCUT2D eigenvalue weighted by molar-refractivity contribution is 5.95. The number of hydrogen-bond donors (Lipinski definition) is 2. The first-order chi connectivity index (χ1) is 9.99. The number of benzene rings is 2. The second kappa shape index (κ2) is 6.17. The molecule has 21 heavy (non-hydrogen) atoms. The van der Waals surface area contributed by atoms with Crippen LogP contribution in [0.25, 0.3) is 0 Å². The van der Waals surface area contributed by atoms with E-state index in [1.807, 2.05) is 0 Å². The highest BCUT2D eigenvalue weighted by Gasteiger charge is 2.14. The van der Waals surface area contributed by atoms with Gasteiger partial charge in [-0.3, -0.25) is 4.79 Å². The van der Waals surface area contributed by atoms with E-state index in [-0.39, 0.29) is 11.7 Å². The van der Waals surface area contributed by atoms with Crippen LogP contribution >= 0.6 is 0 Å². The molecule has 1 amide bonds. The van der Waals surface area contributed by atoms with E-state index < -0.39 is 0 Å². The third-order valence-corrected chi connectivity index (χ3v) is 3.11. The number of carbonyl (C=O) groups is 1. The van der Waals surface area contributed by atoms with Gasteiger partial charge in [0.1, 0.15) is 11.5 Å². The molecule has 0 aliphatic carbocycles. The van der Waals surface area contributed by atoms with Gasteiger partial charge in [-0.05, 0) is 29.8 Å². The van der Waals surface area contributed by atoms with Crippen molar-refractivity contribution in [2.75, 3.05) is 19.9 Å². The number of nitrogens with two attached hydrogens (primary N) is 1. The molecule has 3 N–H and O–H groups in total. The number of aromatic hydroxyl groups is 1. The van der Waals surface area contributed by atoms with Crippen LogP contribution in [0.1, 0.15) is 15.9 Å². The van der Waals surface area contributed by atoms with Gasteiger partial charge in [-0.15, -0.1) is 0 Å². The third-order valence-electron chi connectivity index (χ3n) is 3.11. The average molecular weight is 286 g/mol. The highest BCUT2D eigenvalue weighted by Crippen LogP contribution is 2.20. The Balaban J connectivity index is 2.15. The van der Waals surface area contributed by atoms with Crippen molar-refractivity contribution < 1.29 is 14.6 Å². The molecule has 2 aromatic rings. The molecular weight excluding hydrogens is 268 g/mol. The summed E-state index contributed by atoms with van der Waals surface area (Å²) in [4.78, 5) is 14.0. The van der Waals surface area contributed by atoms with E-state index in [2.05, 4.69) is 0 Å². The monoisotopic (exact) mass is 286 g/mol. The summed E-state index contributed by atoms with van der Waals surface area (Å²) >= 11 is 0. The number of phenolic OH excluding ortho intramolecular Hbond substituents is 1. The minimum atomic E-state index is -0.145. The predicted molar refractivity (Wildman–Crippen MR) is 81.3 cm³/mol. The maximum absolute atomic E-state index is 12.4. The Morgan fingerprint density at radius 3 is 2.52 bits per heavy atom. The lowest BCUT2D eigenvalue weighted by Gasteiger charge is -2.18. The molecule has 0 aromatic heterocycles. The smallest absolute Gasteiger partial charge is 0.254 e. The number of ether oxygens (including phenoxy) is 1. The fourth-order valence-electron chi connectivity index (χ4n) is 2.03. The van der Waals surface area contributed by atoms with E-state index in [4.69, 9.17) is 10.5 Å². The summed E-state index contributed by atoms with van der Waals surface area (Å²) in [5, 5.41) is 9.26. The number of rotatable bonds is 4. The number of hydrogen-bond acceptors (Lipinski definition) is 4. The van der Waals surface area contributed by atoms with E-state index >= 15 is 0 Å². The molecule has 5 nitrogen and oxygen atoms in total. The Kier molecular flexibility index (Phi) is 4.33. The lowest BCUT2D eigenvalue weighted by molar-refractivity contribution is 0.0785. The number of amides is 1. The van der Waals surface area contributed by atoms with Crippen molar-refractivity contribution in [3.63, 3.8) is 0 Å². The van der Waals surface area contributed by atoms with Crippen LogP contribution in [0.2, 0.25) is 0 Å². The SMILES string of the molecule is COc1cc(N)cc(C(=O)N(C)Cc2ccc(O)cc2)c1. The van der Waals surface area contributed by atoms with Gasteiger partial charge in [0.25, 0.3) is 5.91 Å². The number of nitrogen functional groups attached to an aromatic ring is 1. The molecule has 0 saturated carbocycles. The number of methoxy groups -OCH3 is 1. The summed E-state index contributed by atoms with van der Waals surface area (Å²) in [5.41, 5.74) is 7.66. The molecule has 0 heterocycles. The lowest BCUT2D eigenvalue weighted by atomic mass is 10.1. The first kappa shape index (κ1) is 14.7. The number of carbonyl (C=O) groups excluding carboxylic acids is 1. The summed E-state index contributed by atoms with van der Waals surface area (Å²) in [6.45, 7) is 0.441. The molecule has 0 spiro atoms. The largest absolute Gasteiger partial charge is 0.508 e. The Hall–Kier alpha value is -2.69. The van der Waals surface area contributed by atoms with E-state index in [9.17, 15) is 9.90 Å². The van der Waals surface area contributed by atoms with Crippen LogP contribution in [-0.4, -0.2) is 30.1 Å². The van der Waals surface area contributed by atoms with Crippen LogP contribution in [0, 0.1) is 0 Å². The van der Waals surface area contributed by atoms with Crippen molar-refractivity contribution in [3.05, 3.63) is 53.6 Å². The summed E-state index contributed by atoms with van der Waals surface area (Å²) in [5.74, 6) is 0.610. The minimum absolute atomic E-state index is 0.145. The van der Waals surface area contributed by atoms with Crippen LogP contribution in [-0.2, 0) is 6.54 Å². The van der Waals surface area contributed by atoms with Gasteiger partial charge in [0.2, 0.25) is 0 Å². The molecule has 0 atom stereocenters. The van der Waals surface area contributed by atoms with E-state index in [0.29, 0.717) is 23.5 Å². The van der Waals surface area contributed by atoms with Gasteiger partial charge in [0, 0.05) is 30.9 Å². The van der Waals surface area contributed by atoms with Gasteiger partial charge >= 0.3 is 0 Å². The Morgan fingerprint density at radius 2 is 1.90 bits per heavy atom. The molecule has 0 radical (unpaired) electrons. The minimum Gasteiger partial charge on any atom is -0.508 e. The van der Waals surface area contributed by atoms with Crippen LogP contribution < -0.4 is 10.5 Å². The molecule has 0 aliphatic rings. The molecule has 0 saturated heterocycles. The Labute approximate surface area is 123 Å². The Bertz CT molecular complexity index is 638. The van der Waals surface area contributed by atoms with Gasteiger partial charge in [-0.1, -0.05) is 12.1 Å². The van der Waals surface area contributed by atoms with Gasteiger partial charge in [0.05, 0.1) is 7.11 Å².